The summed E-state index contributed by atoms with van der Waals surface area (Å²) in [6, 6.07) is 2.87. The Bertz CT molecular complexity index is 681. The Balaban J connectivity index is 2.71. The first-order valence-corrected chi connectivity index (χ1v) is 5.73. The lowest BCUT2D eigenvalue weighted by molar-refractivity contribution is 0.0688. The van der Waals surface area contributed by atoms with E-state index in [2.05, 4.69) is 26.0 Å². The van der Waals surface area contributed by atoms with Crippen molar-refractivity contribution in [2.75, 3.05) is 0 Å². The number of halogens is 1. The summed E-state index contributed by atoms with van der Waals surface area (Å²) in [6.07, 6.45) is 2.99. The van der Waals surface area contributed by atoms with Gasteiger partial charge in [0.1, 0.15) is 0 Å². The predicted molar refractivity (Wildman–Crippen MR) is 67.0 cm³/mol. The maximum atomic E-state index is 11.9. The molecule has 0 fully saturated rings. The second-order valence-corrected chi connectivity index (χ2v) is 4.51. The van der Waals surface area contributed by atoms with E-state index in [1.54, 1.807) is 19.2 Å². The highest BCUT2D eigenvalue weighted by atomic mass is 79.9. The van der Waals surface area contributed by atoms with Crippen LogP contribution in [0.2, 0.25) is 0 Å². The summed E-state index contributed by atoms with van der Waals surface area (Å²) in [5.41, 5.74) is 0.148. The molecule has 2 aromatic heterocycles. The summed E-state index contributed by atoms with van der Waals surface area (Å²) in [5.74, 6) is -1.19. The third-order valence-corrected chi connectivity index (χ3v) is 2.68. The van der Waals surface area contributed by atoms with Gasteiger partial charge in [-0.15, -0.1) is 0 Å². The Morgan fingerprint density at radius 1 is 1.39 bits per heavy atom. The molecule has 0 aliphatic rings. The third-order valence-electron chi connectivity index (χ3n) is 2.24. The molecule has 0 aliphatic carbocycles. The van der Waals surface area contributed by atoms with Crippen LogP contribution in [0.25, 0.3) is 5.69 Å². The number of carbonyl (C=O) groups is 1. The van der Waals surface area contributed by atoms with Crippen LogP contribution in [0.4, 0.5) is 0 Å². The zero-order valence-electron chi connectivity index (χ0n) is 9.29. The molecular weight excluding hydrogens is 302 g/mol. The van der Waals surface area contributed by atoms with Gasteiger partial charge in [-0.3, -0.25) is 9.78 Å². The predicted octanol–water partition coefficient (Wildman–Crippen LogP) is 1.40. The first kappa shape index (κ1) is 12.4. The van der Waals surface area contributed by atoms with Crippen molar-refractivity contribution in [3.63, 3.8) is 0 Å². The van der Waals surface area contributed by atoms with Crippen LogP contribution in [0.1, 0.15) is 16.1 Å². The number of aromatic nitrogens is 3. The first-order valence-electron chi connectivity index (χ1n) is 4.94. The van der Waals surface area contributed by atoms with Crippen molar-refractivity contribution in [2.45, 2.75) is 6.92 Å². The minimum atomic E-state index is -1.19. The maximum Gasteiger partial charge on any atom is 0.356 e. The molecule has 0 amide bonds. The van der Waals surface area contributed by atoms with Crippen molar-refractivity contribution >= 4 is 21.9 Å². The van der Waals surface area contributed by atoms with Crippen LogP contribution in [-0.2, 0) is 0 Å². The summed E-state index contributed by atoms with van der Waals surface area (Å²) < 4.78 is 1.70. The second-order valence-electron chi connectivity index (χ2n) is 3.60. The average molecular weight is 310 g/mol. The number of hydrogen-bond donors (Lipinski definition) is 1. The Kier molecular flexibility index (Phi) is 3.24. The van der Waals surface area contributed by atoms with E-state index in [0.717, 1.165) is 4.68 Å². The van der Waals surface area contributed by atoms with Crippen LogP contribution in [0.3, 0.4) is 0 Å². The quantitative estimate of drug-likeness (QED) is 0.906. The van der Waals surface area contributed by atoms with Crippen LogP contribution < -0.4 is 5.56 Å². The molecular formula is C11H8BrN3O3. The highest BCUT2D eigenvalue weighted by molar-refractivity contribution is 9.10. The molecule has 0 atom stereocenters. The maximum absolute atomic E-state index is 11.9. The SMILES string of the molecule is Cc1cc(C(=O)O)nn(-c2cncc(Br)c2)c1=O. The Morgan fingerprint density at radius 3 is 2.72 bits per heavy atom. The van der Waals surface area contributed by atoms with E-state index >= 15 is 0 Å². The number of carboxylic acids is 1. The zero-order chi connectivity index (χ0) is 13.3. The molecule has 7 heteroatoms. The van der Waals surface area contributed by atoms with Gasteiger partial charge in [-0.2, -0.15) is 9.78 Å². The Hall–Kier alpha value is -2.02. The van der Waals surface area contributed by atoms with E-state index < -0.39 is 5.97 Å². The molecule has 0 saturated heterocycles. The van der Waals surface area contributed by atoms with Crippen molar-refractivity contribution in [3.8, 4) is 5.69 Å². The molecule has 0 unspecified atom stereocenters. The number of hydrogen-bond acceptors (Lipinski definition) is 4. The fraction of sp³-hybridized carbons (Fsp3) is 0.0909. The highest BCUT2D eigenvalue weighted by Crippen LogP contribution is 2.11. The van der Waals surface area contributed by atoms with Crippen molar-refractivity contribution in [3.05, 3.63) is 50.6 Å². The van der Waals surface area contributed by atoms with E-state index in [4.69, 9.17) is 5.11 Å². The Labute approximate surface area is 110 Å². The van der Waals surface area contributed by atoms with Crippen LogP contribution in [0, 0.1) is 6.92 Å². The van der Waals surface area contributed by atoms with Gasteiger partial charge in [0.2, 0.25) is 0 Å². The van der Waals surface area contributed by atoms with Crippen LogP contribution >= 0.6 is 15.9 Å². The van der Waals surface area contributed by atoms with Gasteiger partial charge in [-0.05, 0) is 35.0 Å². The molecule has 2 rings (SSSR count). The number of aromatic carboxylic acids is 1. The lowest BCUT2D eigenvalue weighted by atomic mass is 10.3. The van der Waals surface area contributed by atoms with Gasteiger partial charge >= 0.3 is 5.97 Å². The van der Waals surface area contributed by atoms with Crippen LogP contribution in [-0.4, -0.2) is 25.8 Å². The standard InChI is InChI=1S/C11H8BrN3O3/c1-6-2-9(11(17)18)14-15(10(6)16)8-3-7(12)4-13-5-8/h2-5H,1H3,(H,17,18). The average Bonchev–Trinajstić information content (AvgIpc) is 2.32. The molecule has 18 heavy (non-hydrogen) atoms. The molecule has 92 valence electrons. The number of nitrogens with zero attached hydrogens (tertiary/aromatic N) is 3. The lowest BCUT2D eigenvalue weighted by Gasteiger charge is -2.06. The van der Waals surface area contributed by atoms with Gasteiger partial charge in [-0.25, -0.2) is 4.79 Å². The lowest BCUT2D eigenvalue weighted by Crippen LogP contribution is -2.25. The van der Waals surface area contributed by atoms with E-state index in [1.807, 2.05) is 0 Å². The molecule has 1 N–H and O–H groups in total. The van der Waals surface area contributed by atoms with Gasteiger partial charge in [0.25, 0.3) is 5.56 Å². The molecule has 0 aliphatic heterocycles. The second kappa shape index (κ2) is 4.69. The molecule has 0 bridgehead atoms. The van der Waals surface area contributed by atoms with E-state index in [9.17, 15) is 9.59 Å². The number of aryl methyl sites for hydroxylation is 1. The smallest absolute Gasteiger partial charge is 0.356 e. The van der Waals surface area contributed by atoms with Gasteiger partial charge < -0.3 is 5.11 Å². The number of pyridine rings is 1. The van der Waals surface area contributed by atoms with E-state index in [-0.39, 0.29) is 11.3 Å². The molecule has 0 spiro atoms. The summed E-state index contributed by atoms with van der Waals surface area (Å²) in [5, 5.41) is 12.7. The molecule has 2 aromatic rings. The monoisotopic (exact) mass is 309 g/mol. The van der Waals surface area contributed by atoms with E-state index in [1.165, 1.54) is 12.3 Å². The Morgan fingerprint density at radius 2 is 2.11 bits per heavy atom. The zero-order valence-corrected chi connectivity index (χ0v) is 10.9. The summed E-state index contributed by atoms with van der Waals surface area (Å²) >= 11 is 3.23. The minimum absolute atomic E-state index is 0.188. The van der Waals surface area contributed by atoms with Crippen LogP contribution in [0.5, 0.6) is 0 Å². The van der Waals surface area contributed by atoms with Crippen molar-refractivity contribution < 1.29 is 9.90 Å². The molecule has 0 aromatic carbocycles. The normalized spacial score (nSPS) is 10.3. The molecule has 2 heterocycles. The largest absolute Gasteiger partial charge is 0.476 e. The highest BCUT2D eigenvalue weighted by Gasteiger charge is 2.12. The van der Waals surface area contributed by atoms with Gasteiger partial charge in [-0.1, -0.05) is 0 Å². The first-order chi connectivity index (χ1) is 8.49. The fourth-order valence-corrected chi connectivity index (χ4v) is 1.76. The van der Waals surface area contributed by atoms with Gasteiger partial charge in [0.15, 0.2) is 5.69 Å². The van der Waals surface area contributed by atoms with Crippen molar-refractivity contribution in [1.82, 2.24) is 14.8 Å². The van der Waals surface area contributed by atoms with E-state index in [0.29, 0.717) is 15.7 Å². The van der Waals surface area contributed by atoms with Gasteiger partial charge in [0, 0.05) is 16.2 Å². The van der Waals surface area contributed by atoms with Gasteiger partial charge in [0.05, 0.1) is 11.9 Å². The number of carboxylic acid groups (broad SMARTS) is 1. The third kappa shape index (κ3) is 2.30. The molecule has 0 radical (unpaired) electrons. The van der Waals surface area contributed by atoms with Crippen LogP contribution in [0.15, 0.2) is 33.8 Å². The fourth-order valence-electron chi connectivity index (χ4n) is 1.41. The van der Waals surface area contributed by atoms with Crippen molar-refractivity contribution in [1.29, 1.82) is 0 Å². The minimum Gasteiger partial charge on any atom is -0.476 e. The van der Waals surface area contributed by atoms with Crippen molar-refractivity contribution in [2.24, 2.45) is 0 Å². The molecule has 6 nitrogen and oxygen atoms in total. The summed E-state index contributed by atoms with van der Waals surface area (Å²) in [6.45, 7) is 1.54. The number of rotatable bonds is 2. The summed E-state index contributed by atoms with van der Waals surface area (Å²) in [4.78, 5) is 26.7. The topological polar surface area (TPSA) is 85.1 Å². The summed E-state index contributed by atoms with van der Waals surface area (Å²) in [7, 11) is 0. The molecule has 0 saturated carbocycles.